The van der Waals surface area contributed by atoms with Crippen LogP contribution in [-0.2, 0) is 57.1 Å². The predicted molar refractivity (Wildman–Crippen MR) is 272 cm³/mol. The van der Waals surface area contributed by atoms with Crippen molar-refractivity contribution in [3.63, 3.8) is 0 Å². The molecule has 0 rings (SSSR count). The van der Waals surface area contributed by atoms with E-state index in [0.29, 0.717) is 46.1 Å². The van der Waals surface area contributed by atoms with E-state index in [2.05, 4.69) is 46.4 Å². The van der Waals surface area contributed by atoms with Crippen LogP contribution in [0, 0.1) is 0 Å². The van der Waals surface area contributed by atoms with E-state index < -0.39 is 24.5 Å². The van der Waals surface area contributed by atoms with Crippen molar-refractivity contribution in [3.05, 3.63) is 0 Å². The van der Waals surface area contributed by atoms with E-state index in [1.807, 2.05) is 4.90 Å². The molecule has 0 spiro atoms. The van der Waals surface area contributed by atoms with Crippen molar-refractivity contribution in [3.8, 4) is 0 Å². The lowest BCUT2D eigenvalue weighted by molar-refractivity contribution is -0.146. The molecule has 0 amide bonds. The normalized spacial score (nSPS) is 11.3. The number of carbonyl (C=O) groups excluding carboxylic acids is 6. The van der Waals surface area contributed by atoms with Crippen LogP contribution in [0.3, 0.4) is 0 Å². The van der Waals surface area contributed by atoms with Gasteiger partial charge in [-0.25, -0.2) is 9.59 Å². The van der Waals surface area contributed by atoms with Crippen LogP contribution in [0.2, 0.25) is 0 Å². The first kappa shape index (κ1) is 66.3. The van der Waals surface area contributed by atoms with E-state index in [9.17, 15) is 28.8 Å². The monoisotopic (exact) mass is 1000 g/mol. The fourth-order valence-electron chi connectivity index (χ4n) is 7.51. The molecule has 0 aliphatic heterocycles. The third kappa shape index (κ3) is 43.2. The first-order chi connectivity index (χ1) is 34.0. The van der Waals surface area contributed by atoms with Crippen molar-refractivity contribution in [2.75, 3.05) is 78.9 Å². The smallest absolute Gasteiger partial charge is 0.466 e. The molecule has 0 aliphatic carbocycles. The highest BCUT2D eigenvalue weighted by molar-refractivity contribution is 5.71. The van der Waals surface area contributed by atoms with Gasteiger partial charge < -0.3 is 42.8 Å². The Morgan fingerprint density at radius 1 is 0.314 bits per heavy atom. The minimum atomic E-state index is -0.917. The molecule has 0 bridgehead atoms. The molecule has 0 aliphatic rings. The second kappa shape index (κ2) is 48.9. The molecule has 0 fully saturated rings. The minimum absolute atomic E-state index is 0.0271. The summed E-state index contributed by atoms with van der Waals surface area (Å²) in [5, 5.41) is 0. The topological polar surface area (TPSA) is 183 Å². The first-order valence-electron chi connectivity index (χ1n) is 27.7. The van der Waals surface area contributed by atoms with Crippen molar-refractivity contribution in [1.29, 1.82) is 0 Å². The summed E-state index contributed by atoms with van der Waals surface area (Å²) in [5.41, 5.74) is 0. The fourth-order valence-corrected chi connectivity index (χ4v) is 7.51. The standard InChI is InChI=1S/C54H100N2O14/c1-7-13-17-21-25-41-63-49(57)33-29-47(30-34-50(58)64-42-26-22-18-14-8-2)69-53(61)67-45-39-56(38-37-55(11-5)12-6)40-46-68-54(62)70-48(31-35-51(59)65-43-27-23-19-15-9-3)32-36-52(60)66-44-28-24-20-16-10-4/h47-48H,7-46H2,1-6H3. The van der Waals surface area contributed by atoms with Crippen LogP contribution >= 0.6 is 0 Å². The fraction of sp³-hybridized carbons (Fsp3) is 0.889. The number of ether oxygens (including phenoxy) is 8. The van der Waals surface area contributed by atoms with Gasteiger partial charge in [0, 0.05) is 51.9 Å². The first-order valence-corrected chi connectivity index (χ1v) is 27.7. The number of carbonyl (C=O) groups is 6. The molecule has 0 heterocycles. The molecule has 0 aromatic rings. The molecule has 16 heteroatoms. The summed E-state index contributed by atoms with van der Waals surface area (Å²) in [7, 11) is 0. The lowest BCUT2D eigenvalue weighted by Gasteiger charge is -2.26. The van der Waals surface area contributed by atoms with Crippen molar-refractivity contribution in [2.24, 2.45) is 0 Å². The summed E-state index contributed by atoms with van der Waals surface area (Å²) in [6.45, 7) is 17.6. The van der Waals surface area contributed by atoms with Gasteiger partial charge in [-0.2, -0.15) is 0 Å². The van der Waals surface area contributed by atoms with Gasteiger partial charge in [0.15, 0.2) is 0 Å². The van der Waals surface area contributed by atoms with Gasteiger partial charge in [0.05, 0.1) is 26.4 Å². The molecular formula is C54H100N2O14. The van der Waals surface area contributed by atoms with Crippen LogP contribution in [0.5, 0.6) is 0 Å². The molecule has 16 nitrogen and oxygen atoms in total. The summed E-state index contributed by atoms with van der Waals surface area (Å²) in [4.78, 5) is 80.5. The molecule has 0 aromatic carbocycles. The van der Waals surface area contributed by atoms with E-state index >= 15 is 0 Å². The Morgan fingerprint density at radius 3 is 0.857 bits per heavy atom. The van der Waals surface area contributed by atoms with E-state index in [4.69, 9.17) is 37.9 Å². The zero-order valence-corrected chi connectivity index (χ0v) is 45.0. The summed E-state index contributed by atoms with van der Waals surface area (Å²) < 4.78 is 44.0. The maximum atomic E-state index is 13.0. The Bertz CT molecular complexity index is 1150. The zero-order valence-electron chi connectivity index (χ0n) is 45.0. The van der Waals surface area contributed by atoms with Crippen molar-refractivity contribution < 1.29 is 66.7 Å². The number of hydrogen-bond acceptors (Lipinski definition) is 16. The molecule has 70 heavy (non-hydrogen) atoms. The average Bonchev–Trinajstić information content (AvgIpc) is 3.35. The SMILES string of the molecule is CCCCCCCOC(=O)CCC(CCC(=O)OCCCCCCC)OC(=O)OCCN(CCOC(=O)OC(CCC(=O)OCCCCCCC)CCC(=O)OCCCCCCC)CCN(CC)CC. The van der Waals surface area contributed by atoms with Crippen LogP contribution in [0.15, 0.2) is 0 Å². The number of likely N-dealkylation sites (N-methyl/N-ethyl adjacent to an activating group) is 1. The van der Waals surface area contributed by atoms with E-state index in [-0.39, 0.29) is 88.5 Å². The molecular weight excluding hydrogens is 901 g/mol. The maximum absolute atomic E-state index is 13.0. The van der Waals surface area contributed by atoms with E-state index in [1.165, 1.54) is 0 Å². The van der Waals surface area contributed by atoms with Crippen LogP contribution in [-0.4, -0.2) is 137 Å². The molecule has 0 unspecified atom stereocenters. The van der Waals surface area contributed by atoms with Gasteiger partial charge in [-0.3, -0.25) is 24.1 Å². The number of hydrogen-bond donors (Lipinski definition) is 0. The lowest BCUT2D eigenvalue weighted by Crippen LogP contribution is -2.39. The predicted octanol–water partition coefficient (Wildman–Crippen LogP) is 11.8. The Hall–Kier alpha value is -3.66. The number of esters is 4. The number of unbranched alkanes of at least 4 members (excludes halogenated alkanes) is 16. The molecule has 0 saturated carbocycles. The summed E-state index contributed by atoms with van der Waals surface area (Å²) >= 11 is 0. The molecule has 0 aromatic heterocycles. The summed E-state index contributed by atoms with van der Waals surface area (Å²) in [6.07, 6.45) is 18.1. The zero-order chi connectivity index (χ0) is 51.7. The molecule has 0 atom stereocenters. The van der Waals surface area contributed by atoms with Crippen molar-refractivity contribution >= 4 is 36.2 Å². The van der Waals surface area contributed by atoms with Gasteiger partial charge in [0.25, 0.3) is 0 Å². The molecule has 0 N–H and O–H groups in total. The molecule has 410 valence electrons. The van der Waals surface area contributed by atoms with Crippen LogP contribution < -0.4 is 0 Å². The highest BCUT2D eigenvalue weighted by atomic mass is 16.7. The summed E-state index contributed by atoms with van der Waals surface area (Å²) in [6, 6.07) is 0. The number of rotatable bonds is 49. The highest BCUT2D eigenvalue weighted by Crippen LogP contribution is 2.16. The second-order valence-electron chi connectivity index (χ2n) is 18.2. The van der Waals surface area contributed by atoms with Gasteiger partial charge in [-0.15, -0.1) is 0 Å². The maximum Gasteiger partial charge on any atom is 0.508 e. The Labute approximate surface area is 423 Å². The number of nitrogens with zero attached hydrogens (tertiary/aromatic N) is 2. The van der Waals surface area contributed by atoms with E-state index in [0.717, 1.165) is 148 Å². The molecule has 0 saturated heterocycles. The Kier molecular flexibility index (Phi) is 46.4. The van der Waals surface area contributed by atoms with Gasteiger partial charge in [-0.05, 0) is 64.5 Å². The van der Waals surface area contributed by atoms with Gasteiger partial charge in [0.2, 0.25) is 0 Å². The van der Waals surface area contributed by atoms with Crippen molar-refractivity contribution in [1.82, 2.24) is 9.80 Å². The summed E-state index contributed by atoms with van der Waals surface area (Å²) in [5.74, 6) is -1.54. The second-order valence-corrected chi connectivity index (χ2v) is 18.2. The highest BCUT2D eigenvalue weighted by Gasteiger charge is 2.22. The Morgan fingerprint density at radius 2 is 0.586 bits per heavy atom. The average molecular weight is 1000 g/mol. The lowest BCUT2D eigenvalue weighted by atomic mass is 10.1. The van der Waals surface area contributed by atoms with Crippen molar-refractivity contribution in [2.45, 2.75) is 234 Å². The molecule has 0 radical (unpaired) electrons. The van der Waals surface area contributed by atoms with Crippen LogP contribution in [0.25, 0.3) is 0 Å². The third-order valence-corrected chi connectivity index (χ3v) is 12.1. The van der Waals surface area contributed by atoms with E-state index in [1.54, 1.807) is 0 Å². The third-order valence-electron chi connectivity index (χ3n) is 12.1. The van der Waals surface area contributed by atoms with Crippen LogP contribution in [0.1, 0.15) is 221 Å². The van der Waals surface area contributed by atoms with Crippen LogP contribution in [0.4, 0.5) is 9.59 Å². The minimum Gasteiger partial charge on any atom is -0.466 e. The Balaban J connectivity index is 5.42. The van der Waals surface area contributed by atoms with Gasteiger partial charge >= 0.3 is 36.2 Å². The van der Waals surface area contributed by atoms with Gasteiger partial charge in [0.1, 0.15) is 25.4 Å². The largest absolute Gasteiger partial charge is 0.508 e. The van der Waals surface area contributed by atoms with Gasteiger partial charge in [-0.1, -0.05) is 144 Å². The quantitative estimate of drug-likeness (QED) is 0.0318.